The predicted octanol–water partition coefficient (Wildman–Crippen LogP) is 3.76. The standard InChI is InChI=1S/C21H22ClN5O3/c1-12-5-7-16(13(2)9-12)24-21(29)20-14(3)27(26-25-20)11-19(28)23-17-10-15(22)6-8-18(17)30-4/h5-10H,11H2,1-4H3,(H,23,28)(H,24,29). The molecular weight excluding hydrogens is 406 g/mol. The monoisotopic (exact) mass is 427 g/mol. The van der Waals surface area contributed by atoms with Crippen LogP contribution in [0.15, 0.2) is 36.4 Å². The molecule has 1 aromatic heterocycles. The van der Waals surface area contributed by atoms with Crippen molar-refractivity contribution in [3.05, 3.63) is 63.9 Å². The SMILES string of the molecule is COc1ccc(Cl)cc1NC(=O)Cn1nnc(C(=O)Nc2ccc(C)cc2C)c1C. The zero-order valence-electron chi connectivity index (χ0n) is 17.1. The number of amides is 2. The third-order valence-corrected chi connectivity index (χ3v) is 4.79. The van der Waals surface area contributed by atoms with Crippen molar-refractivity contribution in [2.75, 3.05) is 17.7 Å². The van der Waals surface area contributed by atoms with Gasteiger partial charge in [0.05, 0.1) is 18.5 Å². The van der Waals surface area contributed by atoms with Crippen LogP contribution in [0.5, 0.6) is 5.75 Å². The Bertz CT molecular complexity index is 1110. The fraction of sp³-hybridized carbons (Fsp3) is 0.238. The Morgan fingerprint density at radius 2 is 1.83 bits per heavy atom. The topological polar surface area (TPSA) is 98.1 Å². The van der Waals surface area contributed by atoms with Crippen LogP contribution in [-0.4, -0.2) is 33.9 Å². The van der Waals surface area contributed by atoms with E-state index in [1.807, 2.05) is 32.0 Å². The summed E-state index contributed by atoms with van der Waals surface area (Å²) in [5.41, 5.74) is 3.83. The van der Waals surface area contributed by atoms with Gasteiger partial charge in [-0.05, 0) is 50.6 Å². The van der Waals surface area contributed by atoms with Crippen LogP contribution in [0.1, 0.15) is 27.3 Å². The Morgan fingerprint density at radius 1 is 1.07 bits per heavy atom. The molecule has 3 rings (SSSR count). The van der Waals surface area contributed by atoms with E-state index in [1.165, 1.54) is 11.8 Å². The number of carbonyl (C=O) groups excluding carboxylic acids is 2. The molecule has 2 aromatic carbocycles. The van der Waals surface area contributed by atoms with Crippen molar-refractivity contribution in [1.29, 1.82) is 0 Å². The summed E-state index contributed by atoms with van der Waals surface area (Å²) < 4.78 is 6.59. The summed E-state index contributed by atoms with van der Waals surface area (Å²) in [5.74, 6) is -0.260. The Labute approximate surface area is 179 Å². The molecule has 0 fully saturated rings. The lowest BCUT2D eigenvalue weighted by Crippen LogP contribution is -2.21. The van der Waals surface area contributed by atoms with Crippen molar-refractivity contribution in [1.82, 2.24) is 15.0 Å². The lowest BCUT2D eigenvalue weighted by Gasteiger charge is -2.11. The molecule has 30 heavy (non-hydrogen) atoms. The van der Waals surface area contributed by atoms with Crippen LogP contribution in [0.4, 0.5) is 11.4 Å². The number of benzene rings is 2. The molecule has 0 aliphatic carbocycles. The molecule has 9 heteroatoms. The van der Waals surface area contributed by atoms with Crippen LogP contribution in [-0.2, 0) is 11.3 Å². The number of hydrogen-bond donors (Lipinski definition) is 2. The number of aryl methyl sites for hydroxylation is 2. The van der Waals surface area contributed by atoms with Crippen molar-refractivity contribution in [3.8, 4) is 5.75 Å². The Balaban J connectivity index is 1.71. The molecule has 3 aromatic rings. The number of carbonyl (C=O) groups is 2. The normalized spacial score (nSPS) is 10.6. The van der Waals surface area contributed by atoms with Gasteiger partial charge < -0.3 is 15.4 Å². The van der Waals surface area contributed by atoms with E-state index in [9.17, 15) is 9.59 Å². The van der Waals surface area contributed by atoms with Gasteiger partial charge in [0, 0.05) is 10.7 Å². The number of methoxy groups -OCH3 is 1. The van der Waals surface area contributed by atoms with E-state index in [2.05, 4.69) is 20.9 Å². The molecule has 0 bridgehead atoms. The van der Waals surface area contributed by atoms with Crippen molar-refractivity contribution >= 4 is 34.8 Å². The van der Waals surface area contributed by atoms with E-state index < -0.39 is 0 Å². The van der Waals surface area contributed by atoms with Crippen molar-refractivity contribution in [2.45, 2.75) is 27.3 Å². The summed E-state index contributed by atoms with van der Waals surface area (Å²) >= 11 is 5.99. The average molecular weight is 428 g/mol. The number of rotatable bonds is 6. The molecule has 0 saturated carbocycles. The van der Waals surface area contributed by atoms with Crippen LogP contribution >= 0.6 is 11.6 Å². The molecule has 2 amide bonds. The third kappa shape index (κ3) is 4.77. The molecule has 0 atom stereocenters. The lowest BCUT2D eigenvalue weighted by atomic mass is 10.1. The van der Waals surface area contributed by atoms with Gasteiger partial charge in [-0.1, -0.05) is 34.5 Å². The lowest BCUT2D eigenvalue weighted by molar-refractivity contribution is -0.117. The Kier molecular flexibility index (Phi) is 6.37. The van der Waals surface area contributed by atoms with Gasteiger partial charge in [-0.3, -0.25) is 9.59 Å². The second kappa shape index (κ2) is 8.96. The van der Waals surface area contributed by atoms with E-state index in [4.69, 9.17) is 16.3 Å². The van der Waals surface area contributed by atoms with Crippen LogP contribution in [0.3, 0.4) is 0 Å². The first-order valence-electron chi connectivity index (χ1n) is 9.20. The van der Waals surface area contributed by atoms with Gasteiger partial charge in [-0.2, -0.15) is 0 Å². The second-order valence-electron chi connectivity index (χ2n) is 6.85. The zero-order valence-corrected chi connectivity index (χ0v) is 17.9. The maximum absolute atomic E-state index is 12.6. The quantitative estimate of drug-likeness (QED) is 0.624. The van der Waals surface area contributed by atoms with Crippen molar-refractivity contribution in [3.63, 3.8) is 0 Å². The molecule has 0 aliphatic heterocycles. The minimum Gasteiger partial charge on any atom is -0.495 e. The summed E-state index contributed by atoms with van der Waals surface area (Å²) in [4.78, 5) is 25.1. The highest BCUT2D eigenvalue weighted by Gasteiger charge is 2.19. The summed E-state index contributed by atoms with van der Waals surface area (Å²) in [5, 5.41) is 13.9. The van der Waals surface area contributed by atoms with Gasteiger partial charge in [0.2, 0.25) is 5.91 Å². The van der Waals surface area contributed by atoms with Gasteiger partial charge in [0.25, 0.3) is 5.91 Å². The number of nitrogens with zero attached hydrogens (tertiary/aromatic N) is 3. The van der Waals surface area contributed by atoms with E-state index >= 15 is 0 Å². The summed E-state index contributed by atoms with van der Waals surface area (Å²) in [6.07, 6.45) is 0. The molecule has 0 aliphatic rings. The first-order valence-corrected chi connectivity index (χ1v) is 9.58. The molecule has 8 nitrogen and oxygen atoms in total. The molecular formula is C21H22ClN5O3. The molecule has 156 valence electrons. The van der Waals surface area contributed by atoms with E-state index in [0.717, 1.165) is 11.1 Å². The number of anilines is 2. The fourth-order valence-corrected chi connectivity index (χ4v) is 3.13. The van der Waals surface area contributed by atoms with Gasteiger partial charge >= 0.3 is 0 Å². The summed E-state index contributed by atoms with van der Waals surface area (Å²) in [7, 11) is 1.50. The number of aromatic nitrogens is 3. The van der Waals surface area contributed by atoms with Crippen LogP contribution < -0.4 is 15.4 Å². The molecule has 0 spiro atoms. The summed E-state index contributed by atoms with van der Waals surface area (Å²) in [6, 6.07) is 10.7. The maximum atomic E-state index is 12.6. The Morgan fingerprint density at radius 3 is 2.53 bits per heavy atom. The second-order valence-corrected chi connectivity index (χ2v) is 7.28. The molecule has 0 radical (unpaired) electrons. The largest absolute Gasteiger partial charge is 0.495 e. The average Bonchev–Trinajstić information content (AvgIpc) is 3.04. The number of nitrogens with one attached hydrogen (secondary N) is 2. The van der Waals surface area contributed by atoms with Crippen LogP contribution in [0, 0.1) is 20.8 Å². The highest BCUT2D eigenvalue weighted by molar-refractivity contribution is 6.31. The highest BCUT2D eigenvalue weighted by Crippen LogP contribution is 2.27. The molecule has 1 heterocycles. The van der Waals surface area contributed by atoms with Crippen LogP contribution in [0.2, 0.25) is 5.02 Å². The number of ether oxygens (including phenoxy) is 1. The molecule has 2 N–H and O–H groups in total. The third-order valence-electron chi connectivity index (χ3n) is 4.56. The smallest absolute Gasteiger partial charge is 0.278 e. The predicted molar refractivity (Wildman–Crippen MR) is 115 cm³/mol. The van der Waals surface area contributed by atoms with E-state index in [1.54, 1.807) is 25.1 Å². The molecule has 0 unspecified atom stereocenters. The zero-order chi connectivity index (χ0) is 21.8. The van der Waals surface area contributed by atoms with Gasteiger partial charge in [-0.15, -0.1) is 5.10 Å². The molecule has 0 saturated heterocycles. The van der Waals surface area contributed by atoms with E-state index in [0.29, 0.717) is 27.8 Å². The first-order chi connectivity index (χ1) is 14.3. The summed E-state index contributed by atoms with van der Waals surface area (Å²) in [6.45, 7) is 5.47. The van der Waals surface area contributed by atoms with Gasteiger partial charge in [0.1, 0.15) is 12.3 Å². The highest BCUT2D eigenvalue weighted by atomic mass is 35.5. The fourth-order valence-electron chi connectivity index (χ4n) is 2.96. The number of hydrogen-bond acceptors (Lipinski definition) is 5. The Hall–Kier alpha value is -3.39. The minimum absolute atomic E-state index is 0.120. The number of halogens is 1. The minimum atomic E-state index is -0.386. The van der Waals surface area contributed by atoms with Gasteiger partial charge in [0.15, 0.2) is 5.69 Å². The van der Waals surface area contributed by atoms with Crippen LogP contribution in [0.25, 0.3) is 0 Å². The van der Waals surface area contributed by atoms with E-state index in [-0.39, 0.29) is 24.1 Å². The van der Waals surface area contributed by atoms with Gasteiger partial charge in [-0.25, -0.2) is 4.68 Å². The van der Waals surface area contributed by atoms with Crippen molar-refractivity contribution < 1.29 is 14.3 Å². The maximum Gasteiger partial charge on any atom is 0.278 e. The first kappa shape index (κ1) is 21.3. The van der Waals surface area contributed by atoms with Crippen molar-refractivity contribution in [2.24, 2.45) is 0 Å².